The average molecular weight is 238 g/mol. The van der Waals surface area contributed by atoms with Gasteiger partial charge in [-0.15, -0.1) is 11.6 Å². The Morgan fingerprint density at radius 2 is 2.12 bits per heavy atom. The molecule has 0 spiro atoms. The SMILES string of the molecule is O=c1[nH]c(OCCCCl)cc2ccccc12. The lowest BCUT2D eigenvalue weighted by atomic mass is 10.2. The largest absolute Gasteiger partial charge is 0.479 e. The molecule has 0 radical (unpaired) electrons. The molecule has 1 aromatic heterocycles. The lowest BCUT2D eigenvalue weighted by molar-refractivity contribution is 0.306. The Labute approximate surface area is 98.0 Å². The van der Waals surface area contributed by atoms with Crippen LogP contribution in [0.5, 0.6) is 5.88 Å². The zero-order chi connectivity index (χ0) is 11.4. The van der Waals surface area contributed by atoms with Gasteiger partial charge in [-0.25, -0.2) is 0 Å². The maximum Gasteiger partial charge on any atom is 0.258 e. The van der Waals surface area contributed by atoms with Gasteiger partial charge in [0.1, 0.15) is 0 Å². The Bertz CT molecular complexity index is 536. The van der Waals surface area contributed by atoms with Crippen LogP contribution in [0.4, 0.5) is 0 Å². The number of fused-ring (bicyclic) bond motifs is 1. The van der Waals surface area contributed by atoms with Gasteiger partial charge in [-0.05, 0) is 17.9 Å². The van der Waals surface area contributed by atoms with Crippen molar-refractivity contribution >= 4 is 22.4 Å². The molecular weight excluding hydrogens is 226 g/mol. The van der Waals surface area contributed by atoms with Gasteiger partial charge in [0.05, 0.1) is 6.61 Å². The topological polar surface area (TPSA) is 42.1 Å². The van der Waals surface area contributed by atoms with E-state index in [0.717, 1.165) is 11.8 Å². The number of pyridine rings is 1. The van der Waals surface area contributed by atoms with E-state index in [4.69, 9.17) is 16.3 Å². The summed E-state index contributed by atoms with van der Waals surface area (Å²) in [5.74, 6) is 1.05. The van der Waals surface area contributed by atoms with Crippen molar-refractivity contribution in [2.24, 2.45) is 0 Å². The summed E-state index contributed by atoms with van der Waals surface area (Å²) in [5, 5.41) is 1.55. The van der Waals surface area contributed by atoms with Crippen molar-refractivity contribution in [3.63, 3.8) is 0 Å². The highest BCUT2D eigenvalue weighted by atomic mass is 35.5. The van der Waals surface area contributed by atoms with Gasteiger partial charge >= 0.3 is 0 Å². The standard InChI is InChI=1S/C12H12ClNO2/c13-6-3-7-16-11-8-9-4-1-2-5-10(9)12(15)14-11/h1-2,4-5,8H,3,6-7H2,(H,14,15). The van der Waals surface area contributed by atoms with Crippen LogP contribution in [-0.2, 0) is 0 Å². The normalized spacial score (nSPS) is 10.6. The lowest BCUT2D eigenvalue weighted by Crippen LogP contribution is -2.09. The fourth-order valence-corrected chi connectivity index (χ4v) is 1.61. The predicted molar refractivity (Wildman–Crippen MR) is 65.4 cm³/mol. The van der Waals surface area contributed by atoms with E-state index >= 15 is 0 Å². The highest BCUT2D eigenvalue weighted by Gasteiger charge is 2.01. The van der Waals surface area contributed by atoms with Crippen LogP contribution in [0, 0.1) is 0 Å². The molecule has 16 heavy (non-hydrogen) atoms. The molecule has 0 aliphatic heterocycles. The first-order valence-electron chi connectivity index (χ1n) is 5.12. The summed E-state index contributed by atoms with van der Waals surface area (Å²) in [6, 6.07) is 9.23. The molecule has 1 heterocycles. The van der Waals surface area contributed by atoms with Crippen molar-refractivity contribution in [1.82, 2.24) is 4.98 Å². The number of rotatable bonds is 4. The molecule has 0 aliphatic rings. The van der Waals surface area contributed by atoms with E-state index in [2.05, 4.69) is 4.98 Å². The van der Waals surface area contributed by atoms with Gasteiger partial charge in [0, 0.05) is 17.3 Å². The van der Waals surface area contributed by atoms with Crippen LogP contribution < -0.4 is 10.3 Å². The molecule has 3 nitrogen and oxygen atoms in total. The van der Waals surface area contributed by atoms with Crippen molar-refractivity contribution in [2.75, 3.05) is 12.5 Å². The molecule has 0 unspecified atom stereocenters. The minimum Gasteiger partial charge on any atom is -0.479 e. The molecule has 0 amide bonds. The molecule has 0 saturated carbocycles. The van der Waals surface area contributed by atoms with E-state index in [-0.39, 0.29) is 5.56 Å². The number of H-pyrrole nitrogens is 1. The van der Waals surface area contributed by atoms with Crippen molar-refractivity contribution in [3.8, 4) is 5.88 Å². The van der Waals surface area contributed by atoms with Crippen molar-refractivity contribution in [2.45, 2.75) is 6.42 Å². The molecule has 4 heteroatoms. The van der Waals surface area contributed by atoms with E-state index in [1.807, 2.05) is 24.3 Å². The van der Waals surface area contributed by atoms with Gasteiger partial charge in [0.25, 0.3) is 5.56 Å². The molecular formula is C12H12ClNO2. The Morgan fingerprint density at radius 1 is 1.31 bits per heavy atom. The van der Waals surface area contributed by atoms with Crippen LogP contribution in [0.15, 0.2) is 35.1 Å². The van der Waals surface area contributed by atoms with Gasteiger partial charge in [-0.1, -0.05) is 18.2 Å². The second kappa shape index (κ2) is 5.03. The van der Waals surface area contributed by atoms with Crippen LogP contribution in [0.25, 0.3) is 10.8 Å². The second-order valence-electron chi connectivity index (χ2n) is 3.44. The highest BCUT2D eigenvalue weighted by Crippen LogP contribution is 2.14. The summed E-state index contributed by atoms with van der Waals surface area (Å²) in [5.41, 5.74) is -0.126. The fourth-order valence-electron chi connectivity index (χ4n) is 1.50. The van der Waals surface area contributed by atoms with E-state index in [1.165, 1.54) is 0 Å². The van der Waals surface area contributed by atoms with Crippen LogP contribution in [0.3, 0.4) is 0 Å². The summed E-state index contributed by atoms with van der Waals surface area (Å²) in [4.78, 5) is 14.4. The summed E-state index contributed by atoms with van der Waals surface area (Å²) in [6.45, 7) is 0.512. The quantitative estimate of drug-likeness (QED) is 0.656. The number of halogens is 1. The number of aromatic amines is 1. The zero-order valence-corrected chi connectivity index (χ0v) is 9.46. The third-order valence-electron chi connectivity index (χ3n) is 2.26. The number of alkyl halides is 1. The molecule has 0 aliphatic carbocycles. The summed E-state index contributed by atoms with van der Waals surface area (Å²) >= 11 is 5.54. The molecule has 0 saturated heterocycles. The molecule has 2 rings (SSSR count). The molecule has 2 aromatic rings. The van der Waals surface area contributed by atoms with Crippen molar-refractivity contribution in [3.05, 3.63) is 40.7 Å². The fraction of sp³-hybridized carbons (Fsp3) is 0.250. The Balaban J connectivity index is 2.31. The predicted octanol–water partition coefficient (Wildman–Crippen LogP) is 2.54. The molecule has 0 bridgehead atoms. The first-order valence-corrected chi connectivity index (χ1v) is 5.65. The Hall–Kier alpha value is -1.48. The van der Waals surface area contributed by atoms with Gasteiger partial charge < -0.3 is 4.74 Å². The smallest absolute Gasteiger partial charge is 0.258 e. The highest BCUT2D eigenvalue weighted by molar-refractivity contribution is 6.17. The molecule has 0 fully saturated rings. The third kappa shape index (κ3) is 2.36. The molecule has 1 N–H and O–H groups in total. The van der Waals surface area contributed by atoms with E-state index < -0.39 is 0 Å². The first kappa shape index (κ1) is 11.0. The zero-order valence-electron chi connectivity index (χ0n) is 8.70. The number of hydrogen-bond donors (Lipinski definition) is 1. The number of hydrogen-bond acceptors (Lipinski definition) is 2. The van der Waals surface area contributed by atoms with Crippen molar-refractivity contribution < 1.29 is 4.74 Å². The minimum absolute atomic E-state index is 0.126. The monoisotopic (exact) mass is 237 g/mol. The summed E-state index contributed by atoms with van der Waals surface area (Å²) in [7, 11) is 0. The number of ether oxygens (including phenoxy) is 1. The lowest BCUT2D eigenvalue weighted by Gasteiger charge is -2.05. The van der Waals surface area contributed by atoms with Crippen LogP contribution >= 0.6 is 11.6 Å². The van der Waals surface area contributed by atoms with Gasteiger partial charge in [0.2, 0.25) is 0 Å². The third-order valence-corrected chi connectivity index (χ3v) is 2.53. The van der Waals surface area contributed by atoms with E-state index in [9.17, 15) is 4.79 Å². The maximum atomic E-state index is 11.7. The number of nitrogens with one attached hydrogen (secondary N) is 1. The van der Waals surface area contributed by atoms with E-state index in [1.54, 1.807) is 6.07 Å². The van der Waals surface area contributed by atoms with Gasteiger partial charge in [-0.2, -0.15) is 0 Å². The first-order chi connectivity index (χ1) is 7.81. The molecule has 84 valence electrons. The van der Waals surface area contributed by atoms with Crippen molar-refractivity contribution in [1.29, 1.82) is 0 Å². The van der Waals surface area contributed by atoms with E-state index in [0.29, 0.717) is 23.8 Å². The molecule has 0 atom stereocenters. The maximum absolute atomic E-state index is 11.7. The molecule has 1 aromatic carbocycles. The van der Waals surface area contributed by atoms with Gasteiger partial charge in [0.15, 0.2) is 5.88 Å². The number of benzene rings is 1. The minimum atomic E-state index is -0.126. The van der Waals surface area contributed by atoms with Crippen LogP contribution in [0.2, 0.25) is 0 Å². The van der Waals surface area contributed by atoms with Gasteiger partial charge in [-0.3, -0.25) is 9.78 Å². The summed E-state index contributed by atoms with van der Waals surface area (Å²) < 4.78 is 5.40. The number of aromatic nitrogens is 1. The Kier molecular flexibility index (Phi) is 3.47. The van der Waals surface area contributed by atoms with Crippen LogP contribution in [-0.4, -0.2) is 17.5 Å². The average Bonchev–Trinajstić information content (AvgIpc) is 2.30. The van der Waals surface area contributed by atoms with Crippen LogP contribution in [0.1, 0.15) is 6.42 Å². The summed E-state index contributed by atoms with van der Waals surface area (Å²) in [6.07, 6.45) is 0.760. The second-order valence-corrected chi connectivity index (χ2v) is 3.82. The Morgan fingerprint density at radius 3 is 2.94 bits per heavy atom.